The number of likely N-dealkylation sites (N-methyl/N-ethyl adjacent to an activating group) is 1. The fraction of sp³-hybridized carbons (Fsp3) is 0.467. The Hall–Kier alpha value is -1.32. The monoisotopic (exact) mass is 246 g/mol. The zero-order chi connectivity index (χ0) is 13.0. The van der Waals surface area contributed by atoms with Crippen molar-refractivity contribution in [3.05, 3.63) is 36.0 Å². The van der Waals surface area contributed by atoms with Gasteiger partial charge in [0.2, 0.25) is 0 Å². The van der Waals surface area contributed by atoms with E-state index in [0.29, 0.717) is 0 Å². The molecule has 0 aliphatic carbocycles. The van der Waals surface area contributed by atoms with Crippen molar-refractivity contribution in [1.29, 1.82) is 0 Å². The van der Waals surface area contributed by atoms with E-state index in [4.69, 9.17) is 5.11 Å². The van der Waals surface area contributed by atoms with Gasteiger partial charge < -0.3 is 14.6 Å². The van der Waals surface area contributed by atoms with Crippen LogP contribution < -0.4 is 0 Å². The Morgan fingerprint density at radius 3 is 2.61 bits per heavy atom. The maximum absolute atomic E-state index is 9.13. The highest BCUT2D eigenvalue weighted by Crippen LogP contribution is 2.17. The second-order valence-corrected chi connectivity index (χ2v) is 4.59. The molecule has 0 fully saturated rings. The average molecular weight is 246 g/mol. The van der Waals surface area contributed by atoms with Gasteiger partial charge in [0.1, 0.15) is 0 Å². The Bertz CT molecular complexity index is 500. The number of aliphatic hydroxyl groups is 1. The van der Waals surface area contributed by atoms with Crippen LogP contribution in [0.2, 0.25) is 0 Å². The normalized spacial score (nSPS) is 11.6. The molecule has 3 nitrogen and oxygen atoms in total. The molecule has 0 atom stereocenters. The molecule has 2 rings (SSSR count). The largest absolute Gasteiger partial charge is 0.392 e. The number of hydrogen-bond acceptors (Lipinski definition) is 2. The Balaban J connectivity index is 2.14. The highest BCUT2D eigenvalue weighted by atomic mass is 16.3. The number of rotatable bonds is 6. The van der Waals surface area contributed by atoms with Gasteiger partial charge in [-0.1, -0.05) is 19.9 Å². The summed E-state index contributed by atoms with van der Waals surface area (Å²) in [6.07, 6.45) is 2.13. The standard InChI is InChI=1S/C15H22N2O/c1-3-16(4-2)9-10-17-8-7-14-11-13(12-18)5-6-15(14)17/h5-8,11,18H,3-4,9-10,12H2,1-2H3. The molecule has 0 aliphatic heterocycles. The molecule has 0 saturated carbocycles. The van der Waals surface area contributed by atoms with E-state index in [2.05, 4.69) is 47.7 Å². The highest BCUT2D eigenvalue weighted by Gasteiger charge is 2.04. The van der Waals surface area contributed by atoms with Crippen LogP contribution >= 0.6 is 0 Å². The number of benzene rings is 1. The molecule has 1 heterocycles. The van der Waals surface area contributed by atoms with Gasteiger partial charge in [-0.2, -0.15) is 0 Å². The summed E-state index contributed by atoms with van der Waals surface area (Å²) in [7, 11) is 0. The lowest BCUT2D eigenvalue weighted by Gasteiger charge is -2.18. The van der Waals surface area contributed by atoms with Crippen LogP contribution in [0.1, 0.15) is 19.4 Å². The van der Waals surface area contributed by atoms with Crippen molar-refractivity contribution < 1.29 is 5.11 Å². The van der Waals surface area contributed by atoms with Gasteiger partial charge in [0, 0.05) is 24.8 Å². The van der Waals surface area contributed by atoms with Crippen LogP contribution in [-0.4, -0.2) is 34.2 Å². The van der Waals surface area contributed by atoms with Crippen molar-refractivity contribution in [3.63, 3.8) is 0 Å². The molecule has 0 radical (unpaired) electrons. The highest BCUT2D eigenvalue weighted by molar-refractivity contribution is 5.80. The second-order valence-electron chi connectivity index (χ2n) is 4.59. The van der Waals surface area contributed by atoms with E-state index in [1.807, 2.05) is 6.07 Å². The minimum absolute atomic E-state index is 0.112. The lowest BCUT2D eigenvalue weighted by Crippen LogP contribution is -2.26. The summed E-state index contributed by atoms with van der Waals surface area (Å²) in [5, 5.41) is 10.3. The summed E-state index contributed by atoms with van der Waals surface area (Å²) in [5.41, 5.74) is 2.23. The minimum atomic E-state index is 0.112. The number of fused-ring (bicyclic) bond motifs is 1. The predicted molar refractivity (Wildman–Crippen MR) is 75.6 cm³/mol. The third-order valence-electron chi connectivity index (χ3n) is 3.57. The SMILES string of the molecule is CCN(CC)CCn1ccc2cc(CO)ccc21. The molecule has 0 spiro atoms. The number of nitrogens with zero attached hydrogens (tertiary/aromatic N) is 2. The van der Waals surface area contributed by atoms with E-state index >= 15 is 0 Å². The van der Waals surface area contributed by atoms with Crippen LogP contribution in [0.25, 0.3) is 10.9 Å². The van der Waals surface area contributed by atoms with Gasteiger partial charge >= 0.3 is 0 Å². The number of hydrogen-bond donors (Lipinski definition) is 1. The molecule has 3 heteroatoms. The van der Waals surface area contributed by atoms with Crippen molar-refractivity contribution in [3.8, 4) is 0 Å². The molecule has 1 aromatic heterocycles. The number of aromatic nitrogens is 1. The molecule has 0 unspecified atom stereocenters. The number of aliphatic hydroxyl groups excluding tert-OH is 1. The van der Waals surface area contributed by atoms with Crippen molar-refractivity contribution in [2.45, 2.75) is 27.0 Å². The topological polar surface area (TPSA) is 28.4 Å². The molecular weight excluding hydrogens is 224 g/mol. The molecule has 1 N–H and O–H groups in total. The quantitative estimate of drug-likeness (QED) is 0.848. The Morgan fingerprint density at radius 2 is 1.94 bits per heavy atom. The van der Waals surface area contributed by atoms with Gasteiger partial charge in [0.25, 0.3) is 0 Å². The van der Waals surface area contributed by atoms with E-state index in [9.17, 15) is 0 Å². The fourth-order valence-corrected chi connectivity index (χ4v) is 2.33. The summed E-state index contributed by atoms with van der Waals surface area (Å²) in [6, 6.07) is 8.28. The second kappa shape index (κ2) is 6.03. The van der Waals surface area contributed by atoms with Crippen LogP contribution in [0.3, 0.4) is 0 Å². The maximum atomic E-state index is 9.13. The summed E-state index contributed by atoms with van der Waals surface area (Å²) in [4.78, 5) is 2.42. The van der Waals surface area contributed by atoms with E-state index in [1.54, 1.807) is 0 Å². The van der Waals surface area contributed by atoms with Crippen LogP contribution in [0, 0.1) is 0 Å². The van der Waals surface area contributed by atoms with Gasteiger partial charge in [0.05, 0.1) is 6.61 Å². The zero-order valence-corrected chi connectivity index (χ0v) is 11.3. The molecule has 18 heavy (non-hydrogen) atoms. The minimum Gasteiger partial charge on any atom is -0.392 e. The van der Waals surface area contributed by atoms with Crippen molar-refractivity contribution in [2.75, 3.05) is 19.6 Å². The van der Waals surface area contributed by atoms with Gasteiger partial charge in [0.15, 0.2) is 0 Å². The Kier molecular flexibility index (Phi) is 4.39. The summed E-state index contributed by atoms with van der Waals surface area (Å²) in [6.45, 7) is 8.81. The molecule has 0 aliphatic rings. The van der Waals surface area contributed by atoms with E-state index in [-0.39, 0.29) is 6.61 Å². The van der Waals surface area contributed by atoms with Crippen LogP contribution in [0.15, 0.2) is 30.5 Å². The van der Waals surface area contributed by atoms with Gasteiger partial charge in [-0.05, 0) is 42.2 Å². The lowest BCUT2D eigenvalue weighted by molar-refractivity contribution is 0.282. The Morgan fingerprint density at radius 1 is 1.17 bits per heavy atom. The van der Waals surface area contributed by atoms with E-state index < -0.39 is 0 Å². The van der Waals surface area contributed by atoms with Crippen LogP contribution in [-0.2, 0) is 13.2 Å². The van der Waals surface area contributed by atoms with E-state index in [0.717, 1.165) is 31.7 Å². The first-order valence-corrected chi connectivity index (χ1v) is 6.69. The fourth-order valence-electron chi connectivity index (χ4n) is 2.33. The summed E-state index contributed by atoms with van der Waals surface area (Å²) in [5.74, 6) is 0. The molecule has 98 valence electrons. The van der Waals surface area contributed by atoms with E-state index in [1.165, 1.54) is 10.9 Å². The molecule has 2 aromatic rings. The first kappa shape index (κ1) is 13.1. The third kappa shape index (κ3) is 2.74. The molecule has 0 bridgehead atoms. The van der Waals surface area contributed by atoms with Crippen molar-refractivity contribution in [1.82, 2.24) is 9.47 Å². The summed E-state index contributed by atoms with van der Waals surface area (Å²) >= 11 is 0. The Labute approximate surface area is 109 Å². The smallest absolute Gasteiger partial charge is 0.0682 e. The molecule has 1 aromatic carbocycles. The molecule has 0 saturated heterocycles. The maximum Gasteiger partial charge on any atom is 0.0682 e. The van der Waals surface area contributed by atoms with Crippen LogP contribution in [0.4, 0.5) is 0 Å². The van der Waals surface area contributed by atoms with Crippen molar-refractivity contribution in [2.24, 2.45) is 0 Å². The average Bonchev–Trinajstić information content (AvgIpc) is 2.82. The van der Waals surface area contributed by atoms with Gasteiger partial charge in [-0.3, -0.25) is 0 Å². The molecular formula is C15H22N2O. The van der Waals surface area contributed by atoms with Crippen LogP contribution in [0.5, 0.6) is 0 Å². The molecule has 0 amide bonds. The summed E-state index contributed by atoms with van der Waals surface area (Å²) < 4.78 is 2.29. The predicted octanol–water partition coefficient (Wildman–Crippen LogP) is 2.48. The first-order chi connectivity index (χ1) is 8.78. The van der Waals surface area contributed by atoms with Gasteiger partial charge in [-0.25, -0.2) is 0 Å². The zero-order valence-electron chi connectivity index (χ0n) is 11.3. The van der Waals surface area contributed by atoms with Gasteiger partial charge in [-0.15, -0.1) is 0 Å². The lowest BCUT2D eigenvalue weighted by atomic mass is 10.2. The van der Waals surface area contributed by atoms with Crippen molar-refractivity contribution >= 4 is 10.9 Å². The first-order valence-electron chi connectivity index (χ1n) is 6.69. The third-order valence-corrected chi connectivity index (χ3v) is 3.57.